The molecule has 0 saturated heterocycles. The maximum absolute atomic E-state index is 11.6. The average molecular weight is 241 g/mol. The fourth-order valence-corrected chi connectivity index (χ4v) is 2.14. The van der Waals surface area contributed by atoms with Crippen LogP contribution in [-0.2, 0) is 9.84 Å². The number of hydrogen-bond donors (Lipinski definition) is 1. The number of likely N-dealkylation sites (N-methyl/N-ethyl adjacent to an activating group) is 1. The molecule has 0 spiro atoms. The second kappa shape index (κ2) is 4.76. The fourth-order valence-electron chi connectivity index (χ4n) is 1.44. The van der Waals surface area contributed by atoms with Crippen LogP contribution in [0.5, 0.6) is 0 Å². The Labute approximate surface area is 95.6 Å². The summed E-state index contributed by atoms with van der Waals surface area (Å²) in [6, 6.07) is 4.55. The predicted molar refractivity (Wildman–Crippen MR) is 62.5 cm³/mol. The highest BCUT2D eigenvalue weighted by atomic mass is 32.2. The van der Waals surface area contributed by atoms with Gasteiger partial charge in [0, 0.05) is 11.8 Å². The molecule has 0 amide bonds. The molecule has 0 saturated carbocycles. The van der Waals surface area contributed by atoms with Gasteiger partial charge < -0.3 is 5.32 Å². The quantitative estimate of drug-likeness (QED) is 0.792. The summed E-state index contributed by atoms with van der Waals surface area (Å²) in [5.41, 5.74) is 1.24. The van der Waals surface area contributed by atoms with E-state index in [1.165, 1.54) is 12.1 Å². The monoisotopic (exact) mass is 241 g/mol. The second-order valence-corrected chi connectivity index (χ2v) is 5.72. The van der Waals surface area contributed by atoms with Crippen LogP contribution < -0.4 is 5.32 Å². The van der Waals surface area contributed by atoms with Gasteiger partial charge in [-0.2, -0.15) is 0 Å². The topological polar surface area (TPSA) is 63.2 Å². The third kappa shape index (κ3) is 2.90. The first-order valence-electron chi connectivity index (χ1n) is 4.84. The SMILES string of the molecule is CNCC(=O)c1ccc(S(C)(=O)=O)cc1C. The fraction of sp³-hybridized carbons (Fsp3) is 0.364. The molecule has 1 aromatic carbocycles. The molecule has 0 aliphatic heterocycles. The molecule has 0 unspecified atom stereocenters. The van der Waals surface area contributed by atoms with Crippen LogP contribution in [0.1, 0.15) is 15.9 Å². The van der Waals surface area contributed by atoms with E-state index in [1.807, 2.05) is 0 Å². The van der Waals surface area contributed by atoms with E-state index < -0.39 is 9.84 Å². The van der Waals surface area contributed by atoms with Gasteiger partial charge in [-0.3, -0.25) is 4.79 Å². The van der Waals surface area contributed by atoms with Gasteiger partial charge in [-0.05, 0) is 37.7 Å². The maximum atomic E-state index is 11.6. The second-order valence-electron chi connectivity index (χ2n) is 3.70. The predicted octanol–water partition coefficient (Wildman–Crippen LogP) is 0.801. The molecule has 0 bridgehead atoms. The zero-order chi connectivity index (χ0) is 12.3. The third-order valence-electron chi connectivity index (χ3n) is 2.26. The number of sulfone groups is 1. The summed E-state index contributed by atoms with van der Waals surface area (Å²) in [7, 11) is -1.51. The van der Waals surface area contributed by atoms with Crippen LogP contribution in [0.2, 0.25) is 0 Å². The Morgan fingerprint density at radius 3 is 2.44 bits per heavy atom. The highest BCUT2D eigenvalue weighted by Gasteiger charge is 2.12. The van der Waals surface area contributed by atoms with E-state index in [-0.39, 0.29) is 17.2 Å². The molecule has 0 heterocycles. The van der Waals surface area contributed by atoms with Crippen molar-refractivity contribution in [3.05, 3.63) is 29.3 Å². The molecule has 0 aromatic heterocycles. The number of Topliss-reactive ketones (excluding diaryl/α,β-unsaturated/α-hetero) is 1. The first kappa shape index (κ1) is 12.9. The largest absolute Gasteiger partial charge is 0.313 e. The van der Waals surface area contributed by atoms with Crippen molar-refractivity contribution in [3.63, 3.8) is 0 Å². The van der Waals surface area contributed by atoms with Crippen molar-refractivity contribution in [2.24, 2.45) is 0 Å². The smallest absolute Gasteiger partial charge is 0.176 e. The molecular weight excluding hydrogens is 226 g/mol. The summed E-state index contributed by atoms with van der Waals surface area (Å²) in [6.07, 6.45) is 1.15. The van der Waals surface area contributed by atoms with Crippen molar-refractivity contribution in [1.82, 2.24) is 5.32 Å². The summed E-state index contributed by atoms with van der Waals surface area (Å²) in [6.45, 7) is 1.98. The molecule has 0 atom stereocenters. The standard InChI is InChI=1S/C11H15NO3S/c1-8-6-9(16(3,14)15)4-5-10(8)11(13)7-12-2/h4-6,12H,7H2,1-3H3. The minimum Gasteiger partial charge on any atom is -0.313 e. The molecule has 1 rings (SSSR count). The lowest BCUT2D eigenvalue weighted by Crippen LogP contribution is -2.19. The molecular formula is C11H15NO3S. The zero-order valence-corrected chi connectivity index (χ0v) is 10.4. The van der Waals surface area contributed by atoms with Gasteiger partial charge in [-0.15, -0.1) is 0 Å². The number of ketones is 1. The number of nitrogens with one attached hydrogen (secondary N) is 1. The molecule has 1 N–H and O–H groups in total. The van der Waals surface area contributed by atoms with Crippen molar-refractivity contribution in [2.45, 2.75) is 11.8 Å². The molecule has 1 aromatic rings. The molecule has 0 radical (unpaired) electrons. The van der Waals surface area contributed by atoms with E-state index in [2.05, 4.69) is 5.32 Å². The van der Waals surface area contributed by atoms with E-state index in [0.717, 1.165) is 6.26 Å². The average Bonchev–Trinajstić information content (AvgIpc) is 2.16. The van der Waals surface area contributed by atoms with Crippen molar-refractivity contribution < 1.29 is 13.2 Å². The summed E-state index contributed by atoms with van der Waals surface area (Å²) >= 11 is 0. The van der Waals surface area contributed by atoms with Crippen molar-refractivity contribution >= 4 is 15.6 Å². The van der Waals surface area contributed by atoms with Crippen LogP contribution in [0.15, 0.2) is 23.1 Å². The number of carbonyl (C=O) groups is 1. The summed E-state index contributed by atoms with van der Waals surface area (Å²) in [5, 5.41) is 2.77. The van der Waals surface area contributed by atoms with Gasteiger partial charge in [0.05, 0.1) is 11.4 Å². The highest BCUT2D eigenvalue weighted by Crippen LogP contribution is 2.15. The summed E-state index contributed by atoms with van der Waals surface area (Å²) in [5.74, 6) is -0.0416. The van der Waals surface area contributed by atoms with E-state index in [0.29, 0.717) is 11.1 Å². The Balaban J connectivity index is 3.15. The van der Waals surface area contributed by atoms with E-state index in [9.17, 15) is 13.2 Å². The van der Waals surface area contributed by atoms with Gasteiger partial charge in [-0.1, -0.05) is 0 Å². The van der Waals surface area contributed by atoms with E-state index in [4.69, 9.17) is 0 Å². The van der Waals surface area contributed by atoms with Gasteiger partial charge in [-0.25, -0.2) is 8.42 Å². The number of carbonyl (C=O) groups excluding carboxylic acids is 1. The Bertz CT molecular complexity index is 506. The van der Waals surface area contributed by atoms with Gasteiger partial charge in [0.25, 0.3) is 0 Å². The number of hydrogen-bond acceptors (Lipinski definition) is 4. The van der Waals surface area contributed by atoms with Gasteiger partial charge in [0.2, 0.25) is 0 Å². The normalized spacial score (nSPS) is 11.4. The minimum absolute atomic E-state index is 0.0416. The molecule has 5 heteroatoms. The summed E-state index contributed by atoms with van der Waals surface area (Å²) < 4.78 is 22.6. The Morgan fingerprint density at radius 2 is 2.00 bits per heavy atom. The molecule has 4 nitrogen and oxygen atoms in total. The van der Waals surface area contributed by atoms with Crippen LogP contribution in [0.4, 0.5) is 0 Å². The molecule has 0 fully saturated rings. The van der Waals surface area contributed by atoms with Crippen LogP contribution in [0.3, 0.4) is 0 Å². The van der Waals surface area contributed by atoms with Crippen LogP contribution in [0, 0.1) is 6.92 Å². The lowest BCUT2D eigenvalue weighted by Gasteiger charge is -2.06. The first-order chi connectivity index (χ1) is 7.36. The molecule has 16 heavy (non-hydrogen) atoms. The van der Waals surface area contributed by atoms with Crippen molar-refractivity contribution in [1.29, 1.82) is 0 Å². The number of aryl methyl sites for hydroxylation is 1. The Kier molecular flexibility index (Phi) is 3.83. The van der Waals surface area contributed by atoms with Crippen molar-refractivity contribution in [3.8, 4) is 0 Å². The van der Waals surface area contributed by atoms with Crippen LogP contribution in [0.25, 0.3) is 0 Å². The van der Waals surface area contributed by atoms with Gasteiger partial charge in [0.15, 0.2) is 15.6 Å². The minimum atomic E-state index is -3.21. The maximum Gasteiger partial charge on any atom is 0.176 e. The van der Waals surface area contributed by atoms with Crippen LogP contribution in [-0.4, -0.2) is 34.0 Å². The number of benzene rings is 1. The van der Waals surface area contributed by atoms with Crippen molar-refractivity contribution in [2.75, 3.05) is 19.8 Å². The molecule has 0 aliphatic rings. The molecule has 88 valence electrons. The highest BCUT2D eigenvalue weighted by molar-refractivity contribution is 7.90. The zero-order valence-electron chi connectivity index (χ0n) is 9.57. The van der Waals surface area contributed by atoms with Crippen LogP contribution >= 0.6 is 0 Å². The van der Waals surface area contributed by atoms with Gasteiger partial charge in [0.1, 0.15) is 0 Å². The third-order valence-corrected chi connectivity index (χ3v) is 3.37. The lowest BCUT2D eigenvalue weighted by molar-refractivity contribution is 0.0993. The summed E-state index contributed by atoms with van der Waals surface area (Å²) in [4.78, 5) is 11.9. The first-order valence-corrected chi connectivity index (χ1v) is 6.74. The van der Waals surface area contributed by atoms with E-state index >= 15 is 0 Å². The lowest BCUT2D eigenvalue weighted by atomic mass is 10.1. The van der Waals surface area contributed by atoms with E-state index in [1.54, 1.807) is 20.0 Å². The Morgan fingerprint density at radius 1 is 1.38 bits per heavy atom. The van der Waals surface area contributed by atoms with Gasteiger partial charge >= 0.3 is 0 Å². The molecule has 0 aliphatic carbocycles. The Hall–Kier alpha value is -1.20. The number of rotatable bonds is 4.